The maximum atomic E-state index is 12.2. The van der Waals surface area contributed by atoms with Crippen LogP contribution in [0.2, 0.25) is 0 Å². The Kier molecular flexibility index (Phi) is 6.61. The molecule has 1 amide bonds. The van der Waals surface area contributed by atoms with Crippen LogP contribution in [0.15, 0.2) is 18.2 Å². The van der Waals surface area contributed by atoms with E-state index < -0.39 is 0 Å². The number of nitrogens with one attached hydrogen (secondary N) is 1. The Morgan fingerprint density at radius 1 is 1.33 bits per heavy atom. The molecule has 0 radical (unpaired) electrons. The molecule has 6 heteroatoms. The zero-order valence-electron chi connectivity index (χ0n) is 14.8. The molecule has 0 aromatic heterocycles. The van der Waals surface area contributed by atoms with Gasteiger partial charge >= 0.3 is 5.97 Å². The first-order chi connectivity index (χ1) is 11.5. The van der Waals surface area contributed by atoms with Crippen LogP contribution in [0.4, 0.5) is 5.69 Å². The Labute approximate surface area is 143 Å². The molecule has 1 heterocycles. The van der Waals surface area contributed by atoms with E-state index in [1.165, 1.54) is 0 Å². The molecule has 1 aromatic carbocycles. The van der Waals surface area contributed by atoms with Crippen molar-refractivity contribution in [3.05, 3.63) is 23.8 Å². The van der Waals surface area contributed by atoms with Gasteiger partial charge in [0.2, 0.25) is 5.91 Å². The minimum absolute atomic E-state index is 0.0725. The van der Waals surface area contributed by atoms with Gasteiger partial charge in [0.05, 0.1) is 12.2 Å². The highest BCUT2D eigenvalue weighted by Crippen LogP contribution is 2.32. The molecule has 2 rings (SSSR count). The monoisotopic (exact) mass is 333 g/mol. The number of hydrogen-bond acceptors (Lipinski definition) is 5. The van der Waals surface area contributed by atoms with Crippen molar-refractivity contribution in [3.63, 3.8) is 0 Å². The van der Waals surface area contributed by atoms with Crippen LogP contribution in [-0.4, -0.2) is 56.0 Å². The van der Waals surface area contributed by atoms with E-state index in [9.17, 15) is 9.59 Å². The van der Waals surface area contributed by atoms with Gasteiger partial charge in [-0.3, -0.25) is 4.79 Å². The number of anilines is 1. The third kappa shape index (κ3) is 4.96. The van der Waals surface area contributed by atoms with Crippen molar-refractivity contribution < 1.29 is 14.3 Å². The molecule has 0 fully saturated rings. The van der Waals surface area contributed by atoms with Gasteiger partial charge in [-0.25, -0.2) is 4.79 Å². The summed E-state index contributed by atoms with van der Waals surface area (Å²) < 4.78 is 5.23. The van der Waals surface area contributed by atoms with E-state index in [1.807, 2.05) is 19.1 Å². The van der Waals surface area contributed by atoms with Crippen LogP contribution in [-0.2, 0) is 9.59 Å². The van der Waals surface area contributed by atoms with Gasteiger partial charge in [0.25, 0.3) is 0 Å². The first-order valence-electron chi connectivity index (χ1n) is 8.58. The minimum Gasteiger partial charge on any atom is -0.423 e. The van der Waals surface area contributed by atoms with Gasteiger partial charge in [-0.1, -0.05) is 19.9 Å². The number of carbonyl (C=O) groups excluding carboxylic acids is 2. The number of carbonyl (C=O) groups is 2. The van der Waals surface area contributed by atoms with Crippen molar-refractivity contribution in [3.8, 4) is 5.75 Å². The smallest absolute Gasteiger partial charge is 0.331 e. The Balaban J connectivity index is 1.86. The molecule has 0 unspecified atom stereocenters. The second-order valence-corrected chi connectivity index (χ2v) is 6.03. The fraction of sp³-hybridized carbons (Fsp3) is 0.556. The van der Waals surface area contributed by atoms with Gasteiger partial charge in [-0.05, 0) is 50.7 Å². The fourth-order valence-electron chi connectivity index (χ4n) is 2.80. The van der Waals surface area contributed by atoms with Gasteiger partial charge in [0.15, 0.2) is 5.75 Å². The third-order valence-corrected chi connectivity index (χ3v) is 4.20. The molecular formula is C18H27N3O3. The fourth-order valence-corrected chi connectivity index (χ4v) is 2.80. The number of rotatable bonds is 8. The molecule has 6 nitrogen and oxygen atoms in total. The molecule has 1 N–H and O–H groups in total. The Bertz CT molecular complexity index is 585. The quantitative estimate of drug-likeness (QED) is 0.444. The topological polar surface area (TPSA) is 61.9 Å². The molecular weight excluding hydrogens is 306 g/mol. The number of aryl methyl sites for hydroxylation is 1. The van der Waals surface area contributed by atoms with Crippen molar-refractivity contribution in [1.82, 2.24) is 10.2 Å². The Morgan fingerprint density at radius 3 is 2.79 bits per heavy atom. The molecule has 24 heavy (non-hydrogen) atoms. The number of fused-ring (bicyclic) bond motifs is 1. The summed E-state index contributed by atoms with van der Waals surface area (Å²) in [5, 5.41) is 2.93. The van der Waals surface area contributed by atoms with Crippen LogP contribution in [0.1, 0.15) is 25.8 Å². The Hall–Kier alpha value is -2.08. The lowest BCUT2D eigenvalue weighted by Crippen LogP contribution is -2.43. The zero-order valence-corrected chi connectivity index (χ0v) is 14.8. The average Bonchev–Trinajstić information content (AvgIpc) is 2.55. The van der Waals surface area contributed by atoms with Gasteiger partial charge in [-0.2, -0.15) is 0 Å². The number of hydrogen-bond donors (Lipinski definition) is 1. The van der Waals surface area contributed by atoms with E-state index in [2.05, 4.69) is 24.1 Å². The van der Waals surface area contributed by atoms with Gasteiger partial charge < -0.3 is 19.9 Å². The molecule has 0 saturated carbocycles. The molecule has 0 bridgehead atoms. The first kappa shape index (κ1) is 18.3. The average molecular weight is 333 g/mol. The van der Waals surface area contributed by atoms with Crippen LogP contribution >= 0.6 is 0 Å². The normalized spacial score (nSPS) is 13.7. The molecule has 0 atom stereocenters. The highest BCUT2D eigenvalue weighted by molar-refractivity contribution is 5.89. The minimum atomic E-state index is -0.333. The number of amides is 1. The van der Waals surface area contributed by atoms with E-state index in [1.54, 1.807) is 11.0 Å². The van der Waals surface area contributed by atoms with Crippen molar-refractivity contribution in [2.45, 2.75) is 27.2 Å². The lowest BCUT2D eigenvalue weighted by atomic mass is 10.1. The zero-order chi connectivity index (χ0) is 17.5. The summed E-state index contributed by atoms with van der Waals surface area (Å²) in [6.45, 7) is 10.2. The molecule has 0 spiro atoms. The summed E-state index contributed by atoms with van der Waals surface area (Å²) in [6.07, 6.45) is 0.922. The number of nitrogens with zero attached hydrogens (tertiary/aromatic N) is 2. The van der Waals surface area contributed by atoms with Crippen LogP contribution < -0.4 is 15.0 Å². The van der Waals surface area contributed by atoms with E-state index in [-0.39, 0.29) is 25.0 Å². The molecule has 132 valence electrons. The van der Waals surface area contributed by atoms with Crippen LogP contribution in [0.5, 0.6) is 5.75 Å². The second-order valence-electron chi connectivity index (χ2n) is 6.03. The summed E-state index contributed by atoms with van der Waals surface area (Å²) in [5.41, 5.74) is 1.87. The first-order valence-corrected chi connectivity index (χ1v) is 8.58. The maximum Gasteiger partial charge on any atom is 0.331 e. The highest BCUT2D eigenvalue weighted by Gasteiger charge is 2.25. The molecule has 0 aliphatic carbocycles. The predicted octanol–water partition coefficient (Wildman–Crippen LogP) is 1.57. The van der Waals surface area contributed by atoms with Crippen molar-refractivity contribution >= 4 is 17.6 Å². The van der Waals surface area contributed by atoms with E-state index in [0.29, 0.717) is 12.3 Å². The molecule has 1 aliphatic heterocycles. The Morgan fingerprint density at radius 2 is 2.08 bits per heavy atom. The number of esters is 1. The van der Waals surface area contributed by atoms with Crippen molar-refractivity contribution in [2.75, 3.05) is 44.2 Å². The van der Waals surface area contributed by atoms with Crippen LogP contribution in [0, 0.1) is 6.92 Å². The predicted molar refractivity (Wildman–Crippen MR) is 94.4 cm³/mol. The second kappa shape index (κ2) is 8.68. The van der Waals surface area contributed by atoms with Crippen molar-refractivity contribution in [2.24, 2.45) is 0 Å². The SMILES string of the molecule is CCN(CC)CCCNC(=O)CN1CC(=O)Oc2ccc(C)cc21. The van der Waals surface area contributed by atoms with E-state index in [0.717, 1.165) is 37.3 Å². The lowest BCUT2D eigenvalue weighted by Gasteiger charge is -2.29. The third-order valence-electron chi connectivity index (χ3n) is 4.20. The summed E-state index contributed by atoms with van der Waals surface area (Å²) in [7, 11) is 0. The summed E-state index contributed by atoms with van der Waals surface area (Å²) in [4.78, 5) is 28.0. The molecule has 1 aromatic rings. The van der Waals surface area contributed by atoms with E-state index in [4.69, 9.17) is 4.74 Å². The number of benzene rings is 1. The highest BCUT2D eigenvalue weighted by atomic mass is 16.5. The van der Waals surface area contributed by atoms with Gasteiger partial charge in [0.1, 0.15) is 6.54 Å². The van der Waals surface area contributed by atoms with Crippen LogP contribution in [0.3, 0.4) is 0 Å². The van der Waals surface area contributed by atoms with Gasteiger partial charge in [-0.15, -0.1) is 0 Å². The summed E-state index contributed by atoms with van der Waals surface area (Å²) in [6, 6.07) is 5.61. The number of ether oxygens (including phenoxy) is 1. The molecule has 0 saturated heterocycles. The van der Waals surface area contributed by atoms with E-state index >= 15 is 0 Å². The summed E-state index contributed by atoms with van der Waals surface area (Å²) >= 11 is 0. The largest absolute Gasteiger partial charge is 0.423 e. The van der Waals surface area contributed by atoms with Crippen LogP contribution in [0.25, 0.3) is 0 Å². The maximum absolute atomic E-state index is 12.2. The lowest BCUT2D eigenvalue weighted by molar-refractivity contribution is -0.133. The standard InChI is InChI=1S/C18H27N3O3/c1-4-20(5-2)10-6-9-19-17(22)12-21-13-18(23)24-16-8-7-14(3)11-15(16)21/h7-8,11H,4-6,9-10,12-13H2,1-3H3,(H,19,22). The summed E-state index contributed by atoms with van der Waals surface area (Å²) in [5.74, 6) is 0.114. The van der Waals surface area contributed by atoms with Crippen molar-refractivity contribution in [1.29, 1.82) is 0 Å². The molecule has 1 aliphatic rings. The van der Waals surface area contributed by atoms with Gasteiger partial charge in [0, 0.05) is 6.54 Å².